The molecule has 0 heterocycles. The number of aliphatic hydroxyl groups is 1. The van der Waals surface area contributed by atoms with E-state index in [-0.39, 0.29) is 132 Å². The number of nitrogens with one attached hydrogen (secondary N) is 11. The minimum atomic E-state index is -1.67. The number of carbonyl (C=O) groups excluding carboxylic acids is 11. The van der Waals surface area contributed by atoms with Gasteiger partial charge in [0.05, 0.1) is 12.6 Å². The van der Waals surface area contributed by atoms with E-state index in [0.29, 0.717) is 6.42 Å². The van der Waals surface area contributed by atoms with E-state index in [1.54, 1.807) is 83.1 Å². The Morgan fingerprint density at radius 3 is 1.06 bits per heavy atom. The van der Waals surface area contributed by atoms with E-state index in [9.17, 15) is 77.6 Å². The summed E-state index contributed by atoms with van der Waals surface area (Å²) in [7, 11) is 0. The van der Waals surface area contributed by atoms with Crippen LogP contribution in [0.5, 0.6) is 0 Å². The predicted octanol–water partition coefficient (Wildman–Crippen LogP) is -3.36. The molecule has 0 aliphatic carbocycles. The average molecular weight is 1440 g/mol. The third-order valence-corrected chi connectivity index (χ3v) is 16.6. The van der Waals surface area contributed by atoms with E-state index in [2.05, 4.69) is 81.1 Å². The van der Waals surface area contributed by atoms with E-state index in [0.717, 1.165) is 0 Å². The summed E-state index contributed by atoms with van der Waals surface area (Å²) >= 11 is 4.21. The van der Waals surface area contributed by atoms with Crippen LogP contribution in [0.25, 0.3) is 0 Å². The van der Waals surface area contributed by atoms with Crippen LogP contribution < -0.4 is 92.9 Å². The molecule has 0 aliphatic rings. The normalized spacial score (nSPS) is 15.5. The van der Waals surface area contributed by atoms with Crippen LogP contribution in [0.4, 0.5) is 0 Å². The molecule has 35 nitrogen and oxygen atoms in total. The molecule has 0 aromatic heterocycles. The molecule has 0 rings (SSSR count). The second-order valence-electron chi connectivity index (χ2n) is 26.8. The molecule has 0 aromatic rings. The van der Waals surface area contributed by atoms with E-state index in [4.69, 9.17) is 34.4 Å². The molecular formula is C64H119N19O16S. The van der Waals surface area contributed by atoms with Crippen molar-refractivity contribution in [2.45, 2.75) is 245 Å². The highest BCUT2D eigenvalue weighted by atomic mass is 32.1. The molecule has 0 spiro atoms. The van der Waals surface area contributed by atoms with Crippen molar-refractivity contribution in [3.63, 3.8) is 0 Å². The summed E-state index contributed by atoms with van der Waals surface area (Å²) in [5.74, 6) is -15.4. The zero-order chi connectivity index (χ0) is 76.7. The largest absolute Gasteiger partial charge is 0.481 e. The van der Waals surface area contributed by atoms with Crippen LogP contribution in [-0.4, -0.2) is 209 Å². The fraction of sp³-hybridized carbons (Fsp3) is 0.766. The molecule has 0 unspecified atom stereocenters. The second kappa shape index (κ2) is 48.6. The summed E-state index contributed by atoms with van der Waals surface area (Å²) in [4.78, 5) is 187. The standard InChI is InChI=1S/C64H119N19O16S/c1-13-36(11)49(82-53(89)40(21-18-26-72-64(69)70)73-57(93)45(30-84)80-56(92)43(28-33(5)6)78-59(95)48(66)35(9)10)60(96)75-38(19-15-16-24-65)51(87)77-42(27-32(3)4)55(91)74-41(22-23-47(85)86)54(90)83-50(37(12)14-2)61(97)76-39(20-17-25-71-63(67)68)52(88)81-46(31-100)58(94)79-44(62(98)99)29-34(7)8/h32-46,48-50,84,100H,13-31,65-66H2,1-12H3,(H,73,93)(H,74,91)(H,75,96)(H,76,97)(H,77,87)(H,78,95)(H,79,94)(H,80,92)(H,81,88)(H,82,89)(H,83,90)(H,85,86)(H,98,99)(H4,67,68,71)(H4,69,70,72)/t36-,37-,38-,39-,40-,41-,42-,43-,44-,45-,46-,48-,49-,50-/m0/s1. The summed E-state index contributed by atoms with van der Waals surface area (Å²) in [5, 5.41) is 58.4. The molecule has 0 fully saturated rings. The highest BCUT2D eigenvalue weighted by Crippen LogP contribution is 2.17. The van der Waals surface area contributed by atoms with E-state index in [1.807, 2.05) is 0 Å². The average Bonchev–Trinajstić information content (AvgIpc) is 0.858. The molecule has 572 valence electrons. The molecule has 0 radical (unpaired) electrons. The number of carbonyl (C=O) groups is 13. The van der Waals surface area contributed by atoms with Gasteiger partial charge in [-0.05, 0) is 113 Å². The Bertz CT molecular complexity index is 2720. The van der Waals surface area contributed by atoms with Gasteiger partial charge in [-0.15, -0.1) is 0 Å². The summed E-state index contributed by atoms with van der Waals surface area (Å²) in [5.41, 5.74) is 34.0. The first-order chi connectivity index (χ1) is 46.8. The van der Waals surface area contributed by atoms with Gasteiger partial charge >= 0.3 is 11.9 Å². The zero-order valence-corrected chi connectivity index (χ0v) is 61.2. The number of hydrogen-bond donors (Lipinski definition) is 21. The van der Waals surface area contributed by atoms with Crippen molar-refractivity contribution in [2.24, 2.45) is 79.9 Å². The summed E-state index contributed by atoms with van der Waals surface area (Å²) in [6.07, 6.45) is -0.00638. The molecule has 0 bridgehead atoms. The van der Waals surface area contributed by atoms with E-state index in [1.165, 1.54) is 0 Å². The highest BCUT2D eigenvalue weighted by molar-refractivity contribution is 7.80. The van der Waals surface area contributed by atoms with Crippen LogP contribution in [0.1, 0.15) is 173 Å². The van der Waals surface area contributed by atoms with Gasteiger partial charge in [-0.2, -0.15) is 12.6 Å². The van der Waals surface area contributed by atoms with Gasteiger partial charge in [0.15, 0.2) is 11.9 Å². The number of aliphatic hydroxyl groups excluding tert-OH is 1. The number of thiol groups is 1. The summed E-state index contributed by atoms with van der Waals surface area (Å²) in [6, 6.07) is -16.7. The number of guanidine groups is 2. The first-order valence-electron chi connectivity index (χ1n) is 34.4. The number of amides is 11. The maximum atomic E-state index is 14.6. The van der Waals surface area contributed by atoms with Crippen molar-refractivity contribution in [2.75, 3.05) is 32.0 Å². The minimum Gasteiger partial charge on any atom is -0.481 e. The quantitative estimate of drug-likeness (QED) is 0.0122. The van der Waals surface area contributed by atoms with Gasteiger partial charge in [0.1, 0.15) is 66.5 Å². The third-order valence-electron chi connectivity index (χ3n) is 16.3. The number of hydrogen-bond acceptors (Lipinski definition) is 19. The van der Waals surface area contributed by atoms with Crippen molar-refractivity contribution < 1.29 is 77.6 Å². The number of aliphatic imine (C=N–C) groups is 2. The number of carboxylic acid groups (broad SMARTS) is 2. The van der Waals surface area contributed by atoms with Gasteiger partial charge in [0.25, 0.3) is 0 Å². The lowest BCUT2D eigenvalue weighted by Gasteiger charge is -2.30. The highest BCUT2D eigenvalue weighted by Gasteiger charge is 2.39. The van der Waals surface area contributed by atoms with Crippen molar-refractivity contribution in [1.29, 1.82) is 0 Å². The van der Waals surface area contributed by atoms with Gasteiger partial charge in [-0.3, -0.25) is 67.5 Å². The molecule has 0 aromatic carbocycles. The van der Waals surface area contributed by atoms with Crippen LogP contribution in [0.15, 0.2) is 9.98 Å². The Labute approximate surface area is 592 Å². The maximum absolute atomic E-state index is 14.6. The molecule has 36 heteroatoms. The molecule has 11 amide bonds. The smallest absolute Gasteiger partial charge is 0.326 e. The Balaban J connectivity index is 7.24. The molecule has 14 atom stereocenters. The third kappa shape index (κ3) is 36.3. The van der Waals surface area contributed by atoms with Crippen molar-refractivity contribution in [1.82, 2.24) is 58.5 Å². The first kappa shape index (κ1) is 91.9. The van der Waals surface area contributed by atoms with E-state index >= 15 is 0 Å². The lowest BCUT2D eigenvalue weighted by Crippen LogP contribution is -2.62. The minimum absolute atomic E-state index is 0.00140. The molecule has 0 saturated heterocycles. The Morgan fingerprint density at radius 1 is 0.400 bits per heavy atom. The first-order valence-corrected chi connectivity index (χ1v) is 35.0. The molecule has 26 N–H and O–H groups in total. The topological polar surface area (TPSA) is 596 Å². The SMILES string of the molecule is CC[C@H](C)[C@H](NC(=O)[C@H](CCC(=O)O)NC(=O)[C@H](CC(C)C)NC(=O)[C@H](CCCCN)NC(=O)[C@@H](NC(=O)[C@H](CCCN=C(N)N)NC(=O)[C@H](CO)NC(=O)[C@H](CC(C)C)NC(=O)[C@@H](N)C(C)C)[C@@H](C)CC)C(=O)N[C@@H](CCCN=C(N)N)C(=O)N[C@@H](CS)C(=O)N[C@@H](CC(C)C)C(=O)O. The van der Waals surface area contributed by atoms with Crippen LogP contribution in [0.3, 0.4) is 0 Å². The Kier molecular flexibility index (Phi) is 44.7. The number of carboxylic acids is 2. The molecule has 100 heavy (non-hydrogen) atoms. The van der Waals surface area contributed by atoms with E-state index < -0.39 is 181 Å². The summed E-state index contributed by atoms with van der Waals surface area (Å²) < 4.78 is 0. The van der Waals surface area contributed by atoms with Crippen LogP contribution in [0, 0.1) is 35.5 Å². The number of rotatable bonds is 51. The van der Waals surface area contributed by atoms with Gasteiger partial charge < -0.3 is 108 Å². The Hall–Kier alpha value is -8.12. The van der Waals surface area contributed by atoms with Crippen molar-refractivity contribution >= 4 is 101 Å². The summed E-state index contributed by atoms with van der Waals surface area (Å²) in [6.45, 7) is 20.0. The fourth-order valence-electron chi connectivity index (χ4n) is 9.97. The number of aliphatic carboxylic acids is 2. The van der Waals surface area contributed by atoms with Crippen molar-refractivity contribution in [3.05, 3.63) is 0 Å². The maximum Gasteiger partial charge on any atom is 0.326 e. The second-order valence-corrected chi connectivity index (χ2v) is 27.1. The van der Waals surface area contributed by atoms with Gasteiger partial charge in [0, 0.05) is 25.3 Å². The lowest BCUT2D eigenvalue weighted by molar-refractivity contribution is -0.142. The number of unbranched alkanes of at least 4 members (excludes halogenated alkanes) is 1. The molecule has 0 aliphatic heterocycles. The molecule has 0 saturated carbocycles. The van der Waals surface area contributed by atoms with Crippen LogP contribution >= 0.6 is 12.6 Å². The monoisotopic (exact) mass is 1440 g/mol. The zero-order valence-electron chi connectivity index (χ0n) is 60.3. The fourth-order valence-corrected chi connectivity index (χ4v) is 10.2. The van der Waals surface area contributed by atoms with Gasteiger partial charge in [-0.1, -0.05) is 95.9 Å². The Morgan fingerprint density at radius 2 is 0.710 bits per heavy atom. The van der Waals surface area contributed by atoms with Crippen LogP contribution in [0.2, 0.25) is 0 Å². The van der Waals surface area contributed by atoms with Gasteiger partial charge in [-0.25, -0.2) is 4.79 Å². The predicted molar refractivity (Wildman–Crippen MR) is 379 cm³/mol. The number of nitrogens with zero attached hydrogens (tertiary/aromatic N) is 2. The van der Waals surface area contributed by atoms with Crippen molar-refractivity contribution in [3.8, 4) is 0 Å². The molecular weight excluding hydrogens is 1320 g/mol. The lowest BCUT2D eigenvalue weighted by atomic mass is 9.96. The number of nitrogens with two attached hydrogens (primary N) is 6. The van der Waals surface area contributed by atoms with Gasteiger partial charge in [0.2, 0.25) is 65.0 Å². The van der Waals surface area contributed by atoms with Crippen LogP contribution in [-0.2, 0) is 62.3 Å².